The first-order valence-corrected chi connectivity index (χ1v) is 13.7. The number of aliphatic hydroxyl groups excluding tert-OH is 1. The number of fused-ring (bicyclic) bond motifs is 1. The number of nitrogens with zero attached hydrogens (tertiary/aromatic N) is 4. The Morgan fingerprint density at radius 1 is 1.24 bits per heavy atom. The normalized spacial score (nSPS) is 17.1. The second kappa shape index (κ2) is 12.2. The fourth-order valence-electron chi connectivity index (χ4n) is 5.24. The van der Waals surface area contributed by atoms with Crippen LogP contribution in [0.25, 0.3) is 11.3 Å². The Balaban J connectivity index is 1.30. The van der Waals surface area contributed by atoms with E-state index in [0.717, 1.165) is 29.7 Å². The molecule has 12 heteroatoms. The summed E-state index contributed by atoms with van der Waals surface area (Å²) in [6.45, 7) is 5.35. The standard InChI is InChI=1S/C29H35FN6O5/c1-17-14-31-29(32-22-4-8-41-9-5-22)34-26(17)20-12-25-28(39)36(7-6-35(25)15-20)18(2)27(38)33-24(16-37)19-10-21(30)13-23(11-19)40-3/h10-15,18,22,24,37H,4-9,16H2,1-3H3,(H,33,38)(H,31,32,34)/t18-,24-/m1/s1. The number of benzene rings is 1. The van der Waals surface area contributed by atoms with E-state index in [1.165, 1.54) is 24.1 Å². The van der Waals surface area contributed by atoms with Gasteiger partial charge in [-0.1, -0.05) is 0 Å². The number of aromatic nitrogens is 3. The van der Waals surface area contributed by atoms with Crippen LogP contribution in [0.3, 0.4) is 0 Å². The van der Waals surface area contributed by atoms with Gasteiger partial charge in [-0.15, -0.1) is 0 Å². The van der Waals surface area contributed by atoms with Crippen LogP contribution in [0.2, 0.25) is 0 Å². The second-order valence-electron chi connectivity index (χ2n) is 10.4. The zero-order valence-corrected chi connectivity index (χ0v) is 23.4. The van der Waals surface area contributed by atoms with Crippen LogP contribution in [0, 0.1) is 12.7 Å². The van der Waals surface area contributed by atoms with Gasteiger partial charge in [0.05, 0.1) is 25.5 Å². The van der Waals surface area contributed by atoms with Crippen molar-refractivity contribution >= 4 is 17.8 Å². The van der Waals surface area contributed by atoms with Crippen LogP contribution in [0.1, 0.15) is 47.4 Å². The number of carbonyl (C=O) groups excluding carboxylic acids is 2. The van der Waals surface area contributed by atoms with Crippen molar-refractivity contribution in [1.82, 2.24) is 24.8 Å². The van der Waals surface area contributed by atoms with Crippen molar-refractivity contribution < 1.29 is 28.6 Å². The average molecular weight is 567 g/mol. The molecule has 4 heterocycles. The number of aliphatic hydroxyl groups is 1. The number of hydrogen-bond donors (Lipinski definition) is 3. The second-order valence-corrected chi connectivity index (χ2v) is 10.4. The summed E-state index contributed by atoms with van der Waals surface area (Å²) in [5.41, 5.74) is 3.22. The van der Waals surface area contributed by atoms with E-state index in [4.69, 9.17) is 14.5 Å². The summed E-state index contributed by atoms with van der Waals surface area (Å²) in [7, 11) is 1.41. The highest BCUT2D eigenvalue weighted by molar-refractivity contribution is 5.98. The Morgan fingerprint density at radius 3 is 2.76 bits per heavy atom. The summed E-state index contributed by atoms with van der Waals surface area (Å²) in [5, 5.41) is 16.0. The van der Waals surface area contributed by atoms with Crippen LogP contribution in [-0.2, 0) is 16.1 Å². The fourth-order valence-corrected chi connectivity index (χ4v) is 5.24. The van der Waals surface area contributed by atoms with Gasteiger partial charge in [-0.25, -0.2) is 14.4 Å². The van der Waals surface area contributed by atoms with Gasteiger partial charge in [0.1, 0.15) is 23.3 Å². The molecule has 0 bridgehead atoms. The molecule has 11 nitrogen and oxygen atoms in total. The zero-order chi connectivity index (χ0) is 29.1. The largest absolute Gasteiger partial charge is 0.497 e. The van der Waals surface area contributed by atoms with Gasteiger partial charge in [-0.3, -0.25) is 9.59 Å². The topological polar surface area (TPSA) is 131 Å². The van der Waals surface area contributed by atoms with Crippen molar-refractivity contribution in [2.45, 2.75) is 51.4 Å². The van der Waals surface area contributed by atoms with Gasteiger partial charge in [-0.2, -0.15) is 0 Å². The molecule has 0 radical (unpaired) electrons. The minimum Gasteiger partial charge on any atom is -0.497 e. The van der Waals surface area contributed by atoms with Gasteiger partial charge in [-0.05, 0) is 56.0 Å². The van der Waals surface area contributed by atoms with E-state index in [1.54, 1.807) is 25.3 Å². The first kappa shape index (κ1) is 28.5. The van der Waals surface area contributed by atoms with Gasteiger partial charge in [0, 0.05) is 56.4 Å². The average Bonchev–Trinajstić information content (AvgIpc) is 3.42. The van der Waals surface area contributed by atoms with E-state index in [9.17, 15) is 19.1 Å². The molecule has 5 rings (SSSR count). The highest BCUT2D eigenvalue weighted by Gasteiger charge is 2.33. The van der Waals surface area contributed by atoms with Crippen LogP contribution in [0.15, 0.2) is 36.7 Å². The molecule has 3 aromatic rings. The fraction of sp³-hybridized carbons (Fsp3) is 0.448. The van der Waals surface area contributed by atoms with Crippen molar-refractivity contribution in [3.8, 4) is 17.0 Å². The molecule has 2 atom stereocenters. The Labute approximate surface area is 237 Å². The molecule has 2 aromatic heterocycles. The van der Waals surface area contributed by atoms with E-state index in [2.05, 4.69) is 15.6 Å². The zero-order valence-electron chi connectivity index (χ0n) is 23.4. The Bertz CT molecular complexity index is 1420. The first-order valence-electron chi connectivity index (χ1n) is 13.7. The predicted octanol–water partition coefficient (Wildman–Crippen LogP) is 2.69. The lowest BCUT2D eigenvalue weighted by molar-refractivity contribution is -0.126. The lowest BCUT2D eigenvalue weighted by atomic mass is 10.1. The van der Waals surface area contributed by atoms with E-state index in [-0.39, 0.29) is 17.7 Å². The Morgan fingerprint density at radius 2 is 2.02 bits per heavy atom. The predicted molar refractivity (Wildman–Crippen MR) is 149 cm³/mol. The third kappa shape index (κ3) is 6.18. The summed E-state index contributed by atoms with van der Waals surface area (Å²) >= 11 is 0. The van der Waals surface area contributed by atoms with Crippen molar-refractivity contribution in [3.63, 3.8) is 0 Å². The molecule has 0 spiro atoms. The lowest BCUT2D eigenvalue weighted by Gasteiger charge is -2.33. The summed E-state index contributed by atoms with van der Waals surface area (Å²) in [6.07, 6.45) is 5.45. The number of ether oxygens (including phenoxy) is 2. The van der Waals surface area contributed by atoms with Crippen LogP contribution in [-0.4, -0.2) is 81.9 Å². The van der Waals surface area contributed by atoms with E-state index in [0.29, 0.717) is 43.5 Å². The number of rotatable bonds is 9. The highest BCUT2D eigenvalue weighted by atomic mass is 19.1. The number of hydrogen-bond acceptors (Lipinski definition) is 8. The van der Waals surface area contributed by atoms with Crippen molar-refractivity contribution in [3.05, 3.63) is 59.3 Å². The number of nitrogens with one attached hydrogen (secondary N) is 2. The Kier molecular flexibility index (Phi) is 8.50. The molecule has 2 aliphatic rings. The number of carbonyl (C=O) groups is 2. The monoisotopic (exact) mass is 566 g/mol. The number of methoxy groups -OCH3 is 1. The van der Waals surface area contributed by atoms with Crippen LogP contribution < -0.4 is 15.4 Å². The molecule has 0 aliphatic carbocycles. The number of amides is 2. The maximum atomic E-state index is 14.0. The van der Waals surface area contributed by atoms with Crippen molar-refractivity contribution in [2.24, 2.45) is 0 Å². The smallest absolute Gasteiger partial charge is 0.271 e. The minimum absolute atomic E-state index is 0.248. The summed E-state index contributed by atoms with van der Waals surface area (Å²) in [5.74, 6) is -0.488. The number of aryl methyl sites for hydroxylation is 1. The molecule has 1 fully saturated rings. The molecule has 218 valence electrons. The third-order valence-corrected chi connectivity index (χ3v) is 7.64. The molecule has 1 saturated heterocycles. The summed E-state index contributed by atoms with van der Waals surface area (Å²) in [4.78, 5) is 37.4. The molecule has 2 amide bonds. The maximum Gasteiger partial charge on any atom is 0.271 e. The maximum absolute atomic E-state index is 14.0. The van der Waals surface area contributed by atoms with Gasteiger partial charge in [0.25, 0.3) is 5.91 Å². The lowest BCUT2D eigenvalue weighted by Crippen LogP contribution is -2.52. The van der Waals surface area contributed by atoms with E-state index < -0.39 is 30.4 Å². The molecule has 0 saturated carbocycles. The van der Waals surface area contributed by atoms with Gasteiger partial charge in [0.15, 0.2) is 0 Å². The minimum atomic E-state index is -0.866. The Hall–Kier alpha value is -4.03. The van der Waals surface area contributed by atoms with Crippen molar-refractivity contribution in [2.75, 3.05) is 38.8 Å². The molecular formula is C29H35FN6O5. The molecule has 0 unspecified atom stereocenters. The molecular weight excluding hydrogens is 531 g/mol. The number of anilines is 1. The molecule has 2 aliphatic heterocycles. The van der Waals surface area contributed by atoms with Gasteiger partial charge >= 0.3 is 0 Å². The van der Waals surface area contributed by atoms with Gasteiger partial charge < -0.3 is 34.7 Å². The SMILES string of the molecule is COc1cc(F)cc([C@@H](CO)NC(=O)[C@@H](C)N2CCn3cc(-c4nc(NC5CCOCC5)ncc4C)cc3C2=O)c1. The van der Waals surface area contributed by atoms with E-state index >= 15 is 0 Å². The molecule has 1 aromatic carbocycles. The summed E-state index contributed by atoms with van der Waals surface area (Å²) < 4.78 is 26.4. The van der Waals surface area contributed by atoms with Crippen molar-refractivity contribution in [1.29, 1.82) is 0 Å². The van der Waals surface area contributed by atoms with E-state index in [1.807, 2.05) is 17.7 Å². The molecule has 41 heavy (non-hydrogen) atoms. The number of halogens is 1. The van der Waals surface area contributed by atoms with Crippen LogP contribution in [0.4, 0.5) is 10.3 Å². The highest BCUT2D eigenvalue weighted by Crippen LogP contribution is 2.28. The van der Waals surface area contributed by atoms with Crippen LogP contribution >= 0.6 is 0 Å². The quantitative estimate of drug-likeness (QED) is 0.361. The van der Waals surface area contributed by atoms with Gasteiger partial charge in [0.2, 0.25) is 11.9 Å². The molecule has 3 N–H and O–H groups in total. The first-order chi connectivity index (χ1) is 19.8. The van der Waals surface area contributed by atoms with Crippen LogP contribution in [0.5, 0.6) is 5.75 Å². The summed E-state index contributed by atoms with van der Waals surface area (Å²) in [6, 6.07) is 4.35. The third-order valence-electron chi connectivity index (χ3n) is 7.64.